The highest BCUT2D eigenvalue weighted by atomic mass is 19.3. The quantitative estimate of drug-likeness (QED) is 0.878. The number of halogens is 3. The second kappa shape index (κ2) is 4.87. The van der Waals surface area contributed by atoms with Gasteiger partial charge in [0.05, 0.1) is 0 Å². The molecule has 0 aliphatic heterocycles. The lowest BCUT2D eigenvalue weighted by molar-refractivity contribution is -0.0384. The number of hydrogen-bond acceptors (Lipinski definition) is 1. The molecular formula is C14H16F3NO. The molecule has 104 valence electrons. The molecule has 0 spiro atoms. The number of nitrogens with two attached hydrogens (primary N) is 1. The number of primary amides is 1. The fourth-order valence-corrected chi connectivity index (χ4v) is 2.64. The van der Waals surface area contributed by atoms with Gasteiger partial charge in [-0.1, -0.05) is 6.07 Å². The Morgan fingerprint density at radius 3 is 2.42 bits per heavy atom. The van der Waals surface area contributed by atoms with E-state index in [0.29, 0.717) is 5.56 Å². The van der Waals surface area contributed by atoms with E-state index in [1.807, 2.05) is 0 Å². The summed E-state index contributed by atoms with van der Waals surface area (Å²) in [6.07, 6.45) is 0.0972. The van der Waals surface area contributed by atoms with Crippen LogP contribution in [0.4, 0.5) is 13.2 Å². The van der Waals surface area contributed by atoms with Gasteiger partial charge in [-0.05, 0) is 42.9 Å². The van der Waals surface area contributed by atoms with Gasteiger partial charge < -0.3 is 5.73 Å². The molecular weight excluding hydrogens is 255 g/mol. The van der Waals surface area contributed by atoms with E-state index >= 15 is 0 Å². The Labute approximate surface area is 109 Å². The number of benzene rings is 1. The van der Waals surface area contributed by atoms with Crippen molar-refractivity contribution in [2.75, 3.05) is 0 Å². The third-order valence-electron chi connectivity index (χ3n) is 3.84. The van der Waals surface area contributed by atoms with Crippen molar-refractivity contribution < 1.29 is 18.0 Å². The van der Waals surface area contributed by atoms with Crippen molar-refractivity contribution in [2.24, 2.45) is 5.73 Å². The van der Waals surface area contributed by atoms with Gasteiger partial charge >= 0.3 is 0 Å². The van der Waals surface area contributed by atoms with Crippen LogP contribution in [0.3, 0.4) is 0 Å². The zero-order valence-electron chi connectivity index (χ0n) is 10.7. The van der Waals surface area contributed by atoms with Crippen LogP contribution in [0.1, 0.15) is 53.1 Å². The average Bonchev–Trinajstić information content (AvgIpc) is 2.33. The van der Waals surface area contributed by atoms with Gasteiger partial charge in [-0.15, -0.1) is 0 Å². The van der Waals surface area contributed by atoms with Gasteiger partial charge in [-0.2, -0.15) is 0 Å². The summed E-state index contributed by atoms with van der Waals surface area (Å²) in [5.41, 5.74) is 5.90. The molecule has 1 aromatic carbocycles. The van der Waals surface area contributed by atoms with Gasteiger partial charge in [0.15, 0.2) is 0 Å². The van der Waals surface area contributed by atoms with Gasteiger partial charge in [0, 0.05) is 18.4 Å². The molecule has 2 nitrogen and oxygen atoms in total. The summed E-state index contributed by atoms with van der Waals surface area (Å²) in [6, 6.07) is 2.97. The molecule has 0 bridgehead atoms. The molecule has 1 aromatic rings. The number of hydrogen-bond donors (Lipinski definition) is 1. The summed E-state index contributed by atoms with van der Waals surface area (Å²) in [6.45, 7) is 1.48. The van der Waals surface area contributed by atoms with Crippen LogP contribution in [0.15, 0.2) is 12.1 Å². The van der Waals surface area contributed by atoms with Crippen molar-refractivity contribution in [3.05, 3.63) is 34.6 Å². The molecule has 1 amide bonds. The molecule has 1 saturated carbocycles. The molecule has 0 aromatic heterocycles. The molecule has 2 rings (SSSR count). The fraction of sp³-hybridized carbons (Fsp3) is 0.500. The first-order valence-electron chi connectivity index (χ1n) is 6.28. The molecule has 1 aliphatic carbocycles. The maximum absolute atomic E-state index is 14.2. The van der Waals surface area contributed by atoms with E-state index in [1.165, 1.54) is 19.1 Å². The zero-order chi connectivity index (χ0) is 14.2. The van der Waals surface area contributed by atoms with Crippen molar-refractivity contribution in [3.8, 4) is 0 Å². The Kier molecular flexibility index (Phi) is 3.56. The molecule has 1 fully saturated rings. The third kappa shape index (κ3) is 2.74. The Morgan fingerprint density at radius 2 is 1.89 bits per heavy atom. The number of carbonyl (C=O) groups excluding carboxylic acids is 1. The first-order valence-corrected chi connectivity index (χ1v) is 6.28. The lowest BCUT2D eigenvalue weighted by Crippen LogP contribution is -2.24. The van der Waals surface area contributed by atoms with Crippen LogP contribution in [-0.4, -0.2) is 11.8 Å². The lowest BCUT2D eigenvalue weighted by Gasteiger charge is -2.29. The maximum Gasteiger partial charge on any atom is 0.249 e. The monoisotopic (exact) mass is 271 g/mol. The third-order valence-corrected chi connectivity index (χ3v) is 3.84. The van der Waals surface area contributed by atoms with Crippen molar-refractivity contribution in [1.29, 1.82) is 0 Å². The Hall–Kier alpha value is -1.52. The molecule has 5 heteroatoms. The highest BCUT2D eigenvalue weighted by molar-refractivity contribution is 5.94. The van der Waals surface area contributed by atoms with Gasteiger partial charge in [0.1, 0.15) is 5.82 Å². The molecule has 0 unspecified atom stereocenters. The van der Waals surface area contributed by atoms with E-state index in [9.17, 15) is 18.0 Å². The van der Waals surface area contributed by atoms with Gasteiger partial charge in [-0.3, -0.25) is 4.79 Å². The van der Waals surface area contributed by atoms with Crippen LogP contribution in [0, 0.1) is 12.7 Å². The summed E-state index contributed by atoms with van der Waals surface area (Å²) in [5.74, 6) is -4.01. The molecule has 0 saturated heterocycles. The first-order chi connectivity index (χ1) is 8.82. The largest absolute Gasteiger partial charge is 0.366 e. The zero-order valence-corrected chi connectivity index (χ0v) is 10.7. The molecule has 0 heterocycles. The predicted octanol–water partition coefficient (Wildman–Crippen LogP) is 3.53. The average molecular weight is 271 g/mol. The van der Waals surface area contributed by atoms with E-state index in [-0.39, 0.29) is 42.7 Å². The van der Waals surface area contributed by atoms with Crippen molar-refractivity contribution in [2.45, 2.75) is 44.4 Å². The molecule has 19 heavy (non-hydrogen) atoms. The van der Waals surface area contributed by atoms with E-state index in [4.69, 9.17) is 5.73 Å². The van der Waals surface area contributed by atoms with Crippen LogP contribution in [0.2, 0.25) is 0 Å². The normalized spacial score (nSPS) is 19.4. The van der Waals surface area contributed by atoms with Crippen LogP contribution in [0.25, 0.3) is 0 Å². The van der Waals surface area contributed by atoms with Crippen molar-refractivity contribution in [1.82, 2.24) is 0 Å². The molecule has 1 aliphatic rings. The Bertz CT molecular complexity index is 504. The minimum absolute atomic E-state index is 0.141. The minimum Gasteiger partial charge on any atom is -0.366 e. The van der Waals surface area contributed by atoms with Crippen LogP contribution < -0.4 is 5.73 Å². The van der Waals surface area contributed by atoms with E-state index in [2.05, 4.69) is 0 Å². The number of carbonyl (C=O) groups is 1. The topological polar surface area (TPSA) is 43.1 Å². The van der Waals surface area contributed by atoms with E-state index in [1.54, 1.807) is 0 Å². The van der Waals surface area contributed by atoms with Gasteiger partial charge in [0.2, 0.25) is 11.8 Å². The lowest BCUT2D eigenvalue weighted by atomic mass is 9.81. The molecule has 0 radical (unpaired) electrons. The van der Waals surface area contributed by atoms with Crippen molar-refractivity contribution in [3.63, 3.8) is 0 Å². The summed E-state index contributed by atoms with van der Waals surface area (Å²) < 4.78 is 40.4. The SMILES string of the molecule is Cc1c(C(N)=O)ccc(C2CCC(F)(F)CC2)c1F. The fourth-order valence-electron chi connectivity index (χ4n) is 2.64. The second-order valence-corrected chi connectivity index (χ2v) is 5.14. The Balaban J connectivity index is 2.27. The van der Waals surface area contributed by atoms with Gasteiger partial charge in [-0.25, -0.2) is 13.2 Å². The van der Waals surface area contributed by atoms with Crippen LogP contribution in [0.5, 0.6) is 0 Å². The van der Waals surface area contributed by atoms with Crippen LogP contribution >= 0.6 is 0 Å². The van der Waals surface area contributed by atoms with Crippen LogP contribution in [-0.2, 0) is 0 Å². The summed E-state index contributed by atoms with van der Waals surface area (Å²) in [4.78, 5) is 11.1. The smallest absolute Gasteiger partial charge is 0.249 e. The van der Waals surface area contributed by atoms with E-state index in [0.717, 1.165) is 0 Å². The summed E-state index contributed by atoms with van der Waals surface area (Å²) >= 11 is 0. The second-order valence-electron chi connectivity index (χ2n) is 5.14. The van der Waals surface area contributed by atoms with Crippen molar-refractivity contribution >= 4 is 5.91 Å². The Morgan fingerprint density at radius 1 is 1.32 bits per heavy atom. The maximum atomic E-state index is 14.2. The summed E-state index contributed by atoms with van der Waals surface area (Å²) in [7, 11) is 0. The number of amides is 1. The summed E-state index contributed by atoms with van der Waals surface area (Å²) in [5, 5.41) is 0. The molecule has 0 atom stereocenters. The standard InChI is InChI=1S/C14H16F3NO/c1-8-10(13(18)19)2-3-11(12(8)15)9-4-6-14(16,17)7-5-9/h2-3,9H,4-7H2,1H3,(H2,18,19). The molecule has 2 N–H and O–H groups in total. The predicted molar refractivity (Wildman–Crippen MR) is 65.8 cm³/mol. The number of rotatable bonds is 2. The first kappa shape index (κ1) is 13.9. The van der Waals surface area contributed by atoms with E-state index < -0.39 is 17.6 Å². The highest BCUT2D eigenvalue weighted by Gasteiger charge is 2.36. The highest BCUT2D eigenvalue weighted by Crippen LogP contribution is 2.42. The number of alkyl halides is 2. The van der Waals surface area contributed by atoms with Gasteiger partial charge in [0.25, 0.3) is 0 Å². The minimum atomic E-state index is -2.63.